The molecule has 1 fully saturated rings. The van der Waals surface area contributed by atoms with Crippen LogP contribution in [0.25, 0.3) is 0 Å². The Balaban J connectivity index is 2.27. The Kier molecular flexibility index (Phi) is 7.12. The van der Waals surface area contributed by atoms with Crippen molar-refractivity contribution in [1.82, 2.24) is 4.90 Å². The van der Waals surface area contributed by atoms with Gasteiger partial charge in [-0.1, -0.05) is 11.6 Å². The maximum absolute atomic E-state index is 13.9. The second kappa shape index (κ2) is 9.12. The number of rotatable bonds is 5. The summed E-state index contributed by atoms with van der Waals surface area (Å²) in [7, 11) is 1.19. The Labute approximate surface area is 160 Å². The van der Waals surface area contributed by atoms with Crippen molar-refractivity contribution in [3.63, 3.8) is 0 Å². The van der Waals surface area contributed by atoms with Gasteiger partial charge in [-0.2, -0.15) is 0 Å². The van der Waals surface area contributed by atoms with E-state index in [4.69, 9.17) is 21.1 Å². The summed E-state index contributed by atoms with van der Waals surface area (Å²) >= 11 is 5.52. The Bertz CT molecular complexity index is 719. The second-order valence-electron chi connectivity index (χ2n) is 6.15. The van der Waals surface area contributed by atoms with Crippen molar-refractivity contribution in [3.05, 3.63) is 34.4 Å². The van der Waals surface area contributed by atoms with E-state index in [0.717, 1.165) is 12.1 Å². The first kappa shape index (κ1) is 21.1. The molecule has 1 aliphatic rings. The van der Waals surface area contributed by atoms with E-state index in [-0.39, 0.29) is 37.3 Å². The molecule has 2 atom stereocenters. The summed E-state index contributed by atoms with van der Waals surface area (Å²) in [5.74, 6) is -3.44. The zero-order valence-electron chi connectivity index (χ0n) is 15.0. The lowest BCUT2D eigenvalue weighted by Crippen LogP contribution is -2.43. The Morgan fingerprint density at radius 3 is 2.44 bits per heavy atom. The maximum Gasteiger partial charge on any atom is 0.409 e. The van der Waals surface area contributed by atoms with Crippen molar-refractivity contribution < 1.29 is 32.6 Å². The number of hydrogen-bond donors (Lipinski definition) is 0. The molecule has 0 saturated carbocycles. The van der Waals surface area contributed by atoms with Crippen LogP contribution in [-0.2, 0) is 19.1 Å². The Hall–Kier alpha value is -2.22. The molecule has 1 heterocycles. The molecule has 1 aromatic rings. The third kappa shape index (κ3) is 4.94. The number of hydrogen-bond acceptors (Lipinski definition) is 5. The average molecular weight is 404 g/mol. The summed E-state index contributed by atoms with van der Waals surface area (Å²) in [5, 5.41) is -0.644. The van der Waals surface area contributed by atoms with Crippen LogP contribution in [0.3, 0.4) is 0 Å². The zero-order valence-corrected chi connectivity index (χ0v) is 15.7. The van der Waals surface area contributed by atoms with Crippen molar-refractivity contribution in [1.29, 1.82) is 0 Å². The normalized spacial score (nSPS) is 19.5. The molecule has 1 aromatic carbocycles. The fraction of sp³-hybridized carbons (Fsp3) is 0.500. The van der Waals surface area contributed by atoms with E-state index in [1.165, 1.54) is 12.0 Å². The van der Waals surface area contributed by atoms with E-state index in [0.29, 0.717) is 6.42 Å². The highest BCUT2D eigenvalue weighted by atomic mass is 35.5. The summed E-state index contributed by atoms with van der Waals surface area (Å²) in [5.41, 5.74) is 0.161. The number of Topliss-reactive ketones (excluding diaryl/α,β-unsaturated/α-hetero) is 1. The standard InChI is InChI=1S/C18H20ClF2NO5/c1-3-27-16(24)9-15(23)10-4-5-22(18(25)26-2)14(8-10)11-6-12(20)17(19)13(21)7-11/h6-7,10,14H,3-5,8-9H2,1-2H3/t10-,14+/m1/s1. The predicted molar refractivity (Wildman–Crippen MR) is 92.2 cm³/mol. The fourth-order valence-electron chi connectivity index (χ4n) is 3.18. The van der Waals surface area contributed by atoms with E-state index < -0.39 is 40.7 Å². The molecular weight excluding hydrogens is 384 g/mol. The molecule has 0 radical (unpaired) electrons. The second-order valence-corrected chi connectivity index (χ2v) is 6.53. The van der Waals surface area contributed by atoms with Crippen LogP contribution in [0.5, 0.6) is 0 Å². The van der Waals surface area contributed by atoms with Crippen molar-refractivity contribution in [2.24, 2.45) is 5.92 Å². The fourth-order valence-corrected chi connectivity index (χ4v) is 3.28. The zero-order chi connectivity index (χ0) is 20.1. The predicted octanol–water partition coefficient (Wildman–Crippen LogP) is 3.66. The first-order chi connectivity index (χ1) is 12.8. The lowest BCUT2D eigenvalue weighted by atomic mass is 9.84. The summed E-state index contributed by atoms with van der Waals surface area (Å²) in [6.07, 6.45) is -0.643. The molecular formula is C18H20ClF2NO5. The lowest BCUT2D eigenvalue weighted by molar-refractivity contribution is -0.146. The lowest BCUT2D eigenvalue weighted by Gasteiger charge is -2.38. The number of likely N-dealkylation sites (tertiary alicyclic amines) is 1. The molecule has 1 amide bonds. The number of ether oxygens (including phenoxy) is 2. The van der Waals surface area contributed by atoms with Gasteiger partial charge in [0.25, 0.3) is 0 Å². The van der Waals surface area contributed by atoms with Gasteiger partial charge in [0.05, 0.1) is 19.8 Å². The number of esters is 1. The van der Waals surface area contributed by atoms with Gasteiger partial charge in [0, 0.05) is 12.5 Å². The Morgan fingerprint density at radius 1 is 1.26 bits per heavy atom. The van der Waals surface area contributed by atoms with Crippen molar-refractivity contribution >= 4 is 29.4 Å². The summed E-state index contributed by atoms with van der Waals surface area (Å²) in [6.45, 7) is 1.94. The molecule has 0 bridgehead atoms. The molecule has 6 nitrogen and oxygen atoms in total. The first-order valence-electron chi connectivity index (χ1n) is 8.45. The summed E-state index contributed by atoms with van der Waals surface area (Å²) in [4.78, 5) is 37.3. The van der Waals surface area contributed by atoms with Gasteiger partial charge >= 0.3 is 12.1 Å². The molecule has 0 aromatic heterocycles. The Morgan fingerprint density at radius 2 is 1.89 bits per heavy atom. The number of carbonyl (C=O) groups excluding carboxylic acids is 3. The number of ketones is 1. The minimum atomic E-state index is -0.962. The van der Waals surface area contributed by atoms with Crippen LogP contribution in [0, 0.1) is 17.6 Å². The van der Waals surface area contributed by atoms with Gasteiger partial charge < -0.3 is 14.4 Å². The van der Waals surface area contributed by atoms with Gasteiger partial charge in [-0.25, -0.2) is 13.6 Å². The van der Waals surface area contributed by atoms with Gasteiger partial charge in [0.1, 0.15) is 28.9 Å². The molecule has 0 N–H and O–H groups in total. The van der Waals surface area contributed by atoms with E-state index in [1.807, 2.05) is 0 Å². The number of halogens is 3. The average Bonchev–Trinajstić information content (AvgIpc) is 2.64. The highest BCUT2D eigenvalue weighted by Crippen LogP contribution is 2.37. The first-order valence-corrected chi connectivity index (χ1v) is 8.83. The number of nitrogens with zero attached hydrogens (tertiary/aromatic N) is 1. The van der Waals surface area contributed by atoms with Crippen molar-refractivity contribution in [2.75, 3.05) is 20.3 Å². The topological polar surface area (TPSA) is 72.9 Å². The molecule has 9 heteroatoms. The molecule has 0 spiro atoms. The minimum absolute atomic E-state index is 0.105. The van der Waals surface area contributed by atoms with Crippen LogP contribution in [0.4, 0.5) is 13.6 Å². The van der Waals surface area contributed by atoms with E-state index >= 15 is 0 Å². The number of amides is 1. The molecule has 27 heavy (non-hydrogen) atoms. The largest absolute Gasteiger partial charge is 0.466 e. The third-order valence-corrected chi connectivity index (χ3v) is 4.84. The van der Waals surface area contributed by atoms with Gasteiger partial charge in [-0.3, -0.25) is 9.59 Å². The number of piperidine rings is 1. The number of benzene rings is 1. The van der Waals surface area contributed by atoms with Crippen LogP contribution < -0.4 is 0 Å². The van der Waals surface area contributed by atoms with E-state index in [1.54, 1.807) is 6.92 Å². The summed E-state index contributed by atoms with van der Waals surface area (Å²) < 4.78 is 37.3. The third-order valence-electron chi connectivity index (χ3n) is 4.48. The molecule has 148 valence electrons. The van der Waals surface area contributed by atoms with Gasteiger partial charge in [-0.05, 0) is 37.5 Å². The van der Waals surface area contributed by atoms with E-state index in [9.17, 15) is 23.2 Å². The van der Waals surface area contributed by atoms with E-state index in [2.05, 4.69) is 0 Å². The highest BCUT2D eigenvalue weighted by Gasteiger charge is 2.37. The minimum Gasteiger partial charge on any atom is -0.466 e. The van der Waals surface area contributed by atoms with Gasteiger partial charge in [0.15, 0.2) is 0 Å². The van der Waals surface area contributed by atoms with Crippen molar-refractivity contribution in [3.8, 4) is 0 Å². The molecule has 1 saturated heterocycles. The molecule has 1 aliphatic heterocycles. The summed E-state index contributed by atoms with van der Waals surface area (Å²) in [6, 6.07) is 1.28. The number of methoxy groups -OCH3 is 1. The highest BCUT2D eigenvalue weighted by molar-refractivity contribution is 6.30. The molecule has 2 rings (SSSR count). The van der Waals surface area contributed by atoms with Crippen LogP contribution in [-0.4, -0.2) is 43.0 Å². The van der Waals surface area contributed by atoms with Gasteiger partial charge in [-0.15, -0.1) is 0 Å². The van der Waals surface area contributed by atoms with Crippen molar-refractivity contribution in [2.45, 2.75) is 32.2 Å². The SMILES string of the molecule is CCOC(=O)CC(=O)[C@@H]1CCN(C(=O)OC)[C@H](c2cc(F)c(Cl)c(F)c2)C1. The quantitative estimate of drug-likeness (QED) is 0.426. The monoisotopic (exact) mass is 403 g/mol. The van der Waals surface area contributed by atoms with Crippen LogP contribution in [0.2, 0.25) is 5.02 Å². The number of carbonyl (C=O) groups is 3. The van der Waals surface area contributed by atoms with Gasteiger partial charge in [0.2, 0.25) is 0 Å². The van der Waals surface area contributed by atoms with Crippen LogP contribution >= 0.6 is 11.6 Å². The maximum atomic E-state index is 13.9. The molecule has 0 aliphatic carbocycles. The smallest absolute Gasteiger partial charge is 0.409 e. The van der Waals surface area contributed by atoms with Crippen LogP contribution in [0.15, 0.2) is 12.1 Å². The van der Waals surface area contributed by atoms with Crippen LogP contribution in [0.1, 0.15) is 37.8 Å². The molecule has 0 unspecified atom stereocenters.